The molecular formula is C23H16F3N5O6. The lowest BCUT2D eigenvalue weighted by Crippen LogP contribution is -2.35. The number of carbonyl (C=O) groups is 3. The molecule has 0 atom stereocenters. The van der Waals surface area contributed by atoms with Gasteiger partial charge >= 0.3 is 24.1 Å². The van der Waals surface area contributed by atoms with E-state index in [0.29, 0.717) is 11.6 Å². The van der Waals surface area contributed by atoms with Crippen LogP contribution in [0.15, 0.2) is 59.7 Å². The third-order valence-corrected chi connectivity index (χ3v) is 5.38. The van der Waals surface area contributed by atoms with Crippen molar-refractivity contribution in [3.63, 3.8) is 0 Å². The Morgan fingerprint density at radius 3 is 2.30 bits per heavy atom. The number of aromatic carboxylic acids is 2. The fourth-order valence-electron chi connectivity index (χ4n) is 3.66. The summed E-state index contributed by atoms with van der Waals surface area (Å²) in [6.07, 6.45) is -2.24. The number of rotatable bonds is 6. The molecule has 5 N–H and O–H groups in total. The van der Waals surface area contributed by atoms with Gasteiger partial charge in [-0.25, -0.2) is 19.4 Å². The number of anilines is 1. The molecule has 4 rings (SSSR count). The number of nitrogens with zero attached hydrogens (tertiary/aromatic N) is 3. The summed E-state index contributed by atoms with van der Waals surface area (Å²) in [6, 6.07) is 7.47. The number of halogens is 3. The van der Waals surface area contributed by atoms with Crippen LogP contribution in [0.25, 0.3) is 16.7 Å². The van der Waals surface area contributed by atoms with Crippen molar-refractivity contribution < 1.29 is 37.8 Å². The number of nitrogens with one attached hydrogen (secondary N) is 1. The number of H-pyrrole nitrogens is 1. The van der Waals surface area contributed by atoms with Crippen molar-refractivity contribution in [3.8, 4) is 5.69 Å². The molecule has 2 aromatic carbocycles. The first-order valence-electron chi connectivity index (χ1n) is 10.3. The molecule has 0 radical (unpaired) electrons. The number of amides is 2. The average Bonchev–Trinajstić information content (AvgIpc) is 3.29. The summed E-state index contributed by atoms with van der Waals surface area (Å²) < 4.78 is 42.7. The molecule has 0 saturated carbocycles. The zero-order valence-corrected chi connectivity index (χ0v) is 18.5. The van der Waals surface area contributed by atoms with Gasteiger partial charge in [-0.05, 0) is 48.0 Å². The highest BCUT2D eigenvalue weighted by Crippen LogP contribution is 2.36. The largest absolute Gasteiger partial charge is 0.478 e. The molecule has 14 heteroatoms. The molecule has 0 aliphatic carbocycles. The van der Waals surface area contributed by atoms with Gasteiger partial charge in [-0.1, -0.05) is 0 Å². The molecule has 190 valence electrons. The molecule has 0 spiro atoms. The van der Waals surface area contributed by atoms with Crippen LogP contribution in [0.4, 0.5) is 23.7 Å². The van der Waals surface area contributed by atoms with Gasteiger partial charge in [0.25, 0.3) is 5.56 Å². The molecule has 37 heavy (non-hydrogen) atoms. The summed E-state index contributed by atoms with van der Waals surface area (Å²) in [5.74, 6) is -2.81. The van der Waals surface area contributed by atoms with Crippen LogP contribution in [0.1, 0.15) is 32.0 Å². The van der Waals surface area contributed by atoms with E-state index >= 15 is 0 Å². The summed E-state index contributed by atoms with van der Waals surface area (Å²) in [5.41, 5.74) is 2.03. The first-order valence-corrected chi connectivity index (χ1v) is 10.3. The number of fused-ring (bicyclic) bond motifs is 1. The molecule has 2 heterocycles. The topological polar surface area (TPSA) is 172 Å². The highest BCUT2D eigenvalue weighted by atomic mass is 19.4. The van der Waals surface area contributed by atoms with Crippen molar-refractivity contribution in [1.29, 1.82) is 0 Å². The number of carbonyl (C=O) groups excluding carboxylic acids is 1. The maximum atomic E-state index is 13.9. The zero-order chi connectivity index (χ0) is 27.1. The number of carboxylic acid groups (broad SMARTS) is 2. The van der Waals surface area contributed by atoms with Crippen molar-refractivity contribution >= 4 is 34.7 Å². The maximum absolute atomic E-state index is 13.9. The van der Waals surface area contributed by atoms with Crippen LogP contribution >= 0.6 is 0 Å². The predicted molar refractivity (Wildman–Crippen MR) is 123 cm³/mol. The van der Waals surface area contributed by atoms with Gasteiger partial charge in [-0.2, -0.15) is 13.2 Å². The Bertz CT molecular complexity index is 1610. The van der Waals surface area contributed by atoms with Gasteiger partial charge in [-0.3, -0.25) is 9.69 Å². The molecule has 2 aromatic heterocycles. The summed E-state index contributed by atoms with van der Waals surface area (Å²) in [4.78, 5) is 53.1. The van der Waals surface area contributed by atoms with Gasteiger partial charge in [0, 0.05) is 18.1 Å². The molecule has 0 saturated heterocycles. The van der Waals surface area contributed by atoms with Crippen LogP contribution in [0.2, 0.25) is 0 Å². The maximum Gasteiger partial charge on any atom is 0.418 e. The summed E-state index contributed by atoms with van der Waals surface area (Å²) in [6.45, 7) is -0.154. The number of benzene rings is 2. The molecule has 0 aliphatic rings. The average molecular weight is 515 g/mol. The second-order valence-corrected chi connectivity index (χ2v) is 7.81. The third-order valence-electron chi connectivity index (χ3n) is 5.38. The Morgan fingerprint density at radius 1 is 1.05 bits per heavy atom. The van der Waals surface area contributed by atoms with E-state index in [0.717, 1.165) is 15.5 Å². The molecular weight excluding hydrogens is 499 g/mol. The SMILES string of the molecule is NC(=O)N(Cc1ccn(-c2cc3nc(C(=O)O)c(=O)[nH]c3cc2C(F)(F)F)c1)c1ccc(C(=O)O)cc1. The smallest absolute Gasteiger partial charge is 0.418 e. The van der Waals surface area contributed by atoms with Crippen LogP contribution in [0.5, 0.6) is 0 Å². The highest BCUT2D eigenvalue weighted by Gasteiger charge is 2.35. The van der Waals surface area contributed by atoms with E-state index in [9.17, 15) is 32.3 Å². The second-order valence-electron chi connectivity index (χ2n) is 7.81. The lowest BCUT2D eigenvalue weighted by Gasteiger charge is -2.20. The Balaban J connectivity index is 1.75. The number of primary amides is 1. The first-order chi connectivity index (χ1) is 17.3. The number of alkyl halides is 3. The molecule has 0 unspecified atom stereocenters. The quantitative estimate of drug-likeness (QED) is 0.305. The first kappa shape index (κ1) is 25.0. The van der Waals surface area contributed by atoms with Gasteiger partial charge < -0.3 is 25.5 Å². The number of carboxylic acids is 2. The van der Waals surface area contributed by atoms with Crippen LogP contribution in [0.3, 0.4) is 0 Å². The third kappa shape index (κ3) is 4.98. The van der Waals surface area contributed by atoms with Crippen molar-refractivity contribution in [3.05, 3.63) is 87.6 Å². The number of aromatic amines is 1. The predicted octanol–water partition coefficient (Wildman–Crippen LogP) is 3.21. The lowest BCUT2D eigenvalue weighted by molar-refractivity contribution is -0.137. The van der Waals surface area contributed by atoms with E-state index in [-0.39, 0.29) is 28.8 Å². The van der Waals surface area contributed by atoms with Crippen LogP contribution in [0, 0.1) is 0 Å². The number of hydrogen-bond donors (Lipinski definition) is 4. The molecule has 4 aromatic rings. The van der Waals surface area contributed by atoms with Crippen molar-refractivity contribution in [2.75, 3.05) is 4.90 Å². The van der Waals surface area contributed by atoms with Gasteiger partial charge in [-0.15, -0.1) is 0 Å². The van der Waals surface area contributed by atoms with Crippen molar-refractivity contribution in [2.24, 2.45) is 5.73 Å². The highest BCUT2D eigenvalue weighted by molar-refractivity contribution is 5.92. The minimum atomic E-state index is -4.85. The van der Waals surface area contributed by atoms with Crippen molar-refractivity contribution in [1.82, 2.24) is 14.5 Å². The zero-order valence-electron chi connectivity index (χ0n) is 18.5. The lowest BCUT2D eigenvalue weighted by atomic mass is 10.1. The molecule has 2 amide bonds. The van der Waals surface area contributed by atoms with Gasteiger partial charge in [0.1, 0.15) is 0 Å². The van der Waals surface area contributed by atoms with Crippen LogP contribution in [-0.4, -0.2) is 42.7 Å². The Kier molecular flexibility index (Phi) is 6.17. The monoisotopic (exact) mass is 515 g/mol. The fraction of sp³-hybridized carbons (Fsp3) is 0.0870. The normalized spacial score (nSPS) is 11.4. The minimum Gasteiger partial charge on any atom is -0.478 e. The molecule has 0 aliphatic heterocycles. The number of aromatic nitrogens is 3. The van der Waals surface area contributed by atoms with Gasteiger partial charge in [0.05, 0.1) is 34.4 Å². The van der Waals surface area contributed by atoms with E-state index in [1.54, 1.807) is 0 Å². The fourth-order valence-corrected chi connectivity index (χ4v) is 3.66. The molecule has 0 fully saturated rings. The summed E-state index contributed by atoms with van der Waals surface area (Å²) >= 11 is 0. The Morgan fingerprint density at radius 2 is 1.73 bits per heavy atom. The van der Waals surface area contributed by atoms with Gasteiger partial charge in [0.2, 0.25) is 5.69 Å². The number of nitrogens with two attached hydrogens (primary N) is 1. The Hall–Kier alpha value is -5.14. The van der Waals surface area contributed by atoms with Crippen LogP contribution < -0.4 is 16.2 Å². The molecule has 11 nitrogen and oxygen atoms in total. The van der Waals surface area contributed by atoms with E-state index < -0.39 is 46.7 Å². The van der Waals surface area contributed by atoms with E-state index in [1.165, 1.54) is 42.7 Å². The number of hydrogen-bond acceptors (Lipinski definition) is 5. The van der Waals surface area contributed by atoms with Gasteiger partial charge in [0.15, 0.2) is 0 Å². The minimum absolute atomic E-state index is 0.0173. The number of urea groups is 1. The summed E-state index contributed by atoms with van der Waals surface area (Å²) in [7, 11) is 0. The van der Waals surface area contributed by atoms with E-state index in [2.05, 4.69) is 9.97 Å². The van der Waals surface area contributed by atoms with Crippen LogP contribution in [-0.2, 0) is 12.7 Å². The van der Waals surface area contributed by atoms with E-state index in [4.69, 9.17) is 15.9 Å². The second kappa shape index (κ2) is 9.14. The van der Waals surface area contributed by atoms with Crippen molar-refractivity contribution in [2.45, 2.75) is 12.7 Å². The Labute approximate surface area is 204 Å². The standard InChI is InChI=1S/C23H16F3N5O6/c24-23(25,26)14-7-15-16(28-18(21(35)36)19(32)29-15)8-17(14)30-6-5-11(9-30)10-31(22(27)37)13-3-1-12(2-4-13)20(33)34/h1-9H,10H2,(H2,27,37)(H,29,32)(H,33,34)(H,35,36). The van der Waals surface area contributed by atoms with E-state index in [1.807, 2.05) is 0 Å². The summed E-state index contributed by atoms with van der Waals surface area (Å²) in [5, 5.41) is 18.2. The molecule has 0 bridgehead atoms.